The van der Waals surface area contributed by atoms with E-state index in [1.165, 1.54) is 5.56 Å². The molecule has 28 heavy (non-hydrogen) atoms. The first-order valence-electron chi connectivity index (χ1n) is 10.2. The van der Waals surface area contributed by atoms with Gasteiger partial charge in [0.2, 0.25) is 0 Å². The van der Waals surface area contributed by atoms with Crippen molar-refractivity contribution in [2.45, 2.75) is 57.0 Å². The molecule has 2 bridgehead atoms. The summed E-state index contributed by atoms with van der Waals surface area (Å²) in [6.45, 7) is 0.698. The van der Waals surface area contributed by atoms with Gasteiger partial charge in [0, 0.05) is 6.42 Å². The van der Waals surface area contributed by atoms with Crippen LogP contribution in [-0.2, 0) is 16.0 Å². The molecule has 2 saturated carbocycles. The zero-order chi connectivity index (χ0) is 19.5. The second-order valence-corrected chi connectivity index (χ2v) is 8.41. The Bertz CT molecular complexity index is 806. The van der Waals surface area contributed by atoms with Crippen molar-refractivity contribution in [2.75, 3.05) is 6.61 Å². The summed E-state index contributed by atoms with van der Waals surface area (Å²) in [5.41, 5.74) is 1.40. The van der Waals surface area contributed by atoms with Crippen molar-refractivity contribution >= 4 is 5.97 Å². The van der Waals surface area contributed by atoms with E-state index in [0.717, 1.165) is 56.4 Å². The Morgan fingerprint density at radius 1 is 0.964 bits per heavy atom. The Balaban J connectivity index is 1.29. The molecular weight excluding hydrogens is 352 g/mol. The minimum absolute atomic E-state index is 0.0172. The van der Waals surface area contributed by atoms with E-state index in [0.29, 0.717) is 6.61 Å². The molecule has 0 unspecified atom stereocenters. The number of aliphatic carboxylic acids is 1. The smallest absolute Gasteiger partial charge is 0.303 e. The highest BCUT2D eigenvalue weighted by Gasteiger charge is 2.54. The number of hydrogen-bond donors (Lipinski definition) is 1. The fraction of sp³-hybridized carbons (Fsp3) is 0.458. The van der Waals surface area contributed by atoms with Gasteiger partial charge in [-0.05, 0) is 80.2 Å². The molecule has 2 aliphatic rings. The molecule has 0 radical (unpaired) electrons. The van der Waals surface area contributed by atoms with Crippen molar-refractivity contribution in [2.24, 2.45) is 5.41 Å². The molecule has 0 saturated heterocycles. The second-order valence-electron chi connectivity index (χ2n) is 8.41. The summed E-state index contributed by atoms with van der Waals surface area (Å²) in [4.78, 5) is 10.9. The quantitative estimate of drug-likeness (QED) is 0.615. The van der Waals surface area contributed by atoms with Crippen LogP contribution in [0, 0.1) is 5.41 Å². The lowest BCUT2D eigenvalue weighted by Crippen LogP contribution is -2.27. The van der Waals surface area contributed by atoms with E-state index in [1.807, 2.05) is 42.5 Å². The van der Waals surface area contributed by atoms with Crippen molar-refractivity contribution in [1.29, 1.82) is 0 Å². The highest BCUT2D eigenvalue weighted by atomic mass is 16.5. The van der Waals surface area contributed by atoms with Crippen LogP contribution in [-0.4, -0.2) is 23.3 Å². The molecule has 0 atom stereocenters. The van der Waals surface area contributed by atoms with Crippen molar-refractivity contribution in [1.82, 2.24) is 0 Å². The molecule has 2 aromatic rings. The lowest BCUT2D eigenvalue weighted by Gasteiger charge is -2.28. The first-order valence-corrected chi connectivity index (χ1v) is 10.2. The minimum Gasteiger partial charge on any atom is -0.481 e. The predicted octanol–water partition coefficient (Wildman–Crippen LogP) is 5.61. The van der Waals surface area contributed by atoms with Gasteiger partial charge in [-0.3, -0.25) is 4.79 Å². The summed E-state index contributed by atoms with van der Waals surface area (Å²) in [5.74, 6) is 0.998. The van der Waals surface area contributed by atoms with Gasteiger partial charge in [-0.15, -0.1) is 0 Å². The molecule has 0 aliphatic heterocycles. The zero-order valence-electron chi connectivity index (χ0n) is 16.2. The Morgan fingerprint density at radius 3 is 2.46 bits per heavy atom. The average Bonchev–Trinajstić information content (AvgIpc) is 3.24. The van der Waals surface area contributed by atoms with Crippen LogP contribution in [0.3, 0.4) is 0 Å². The third kappa shape index (κ3) is 4.39. The number of carboxylic acids is 1. The Morgan fingerprint density at radius 2 is 1.71 bits per heavy atom. The van der Waals surface area contributed by atoms with Gasteiger partial charge in [-0.25, -0.2) is 0 Å². The number of carboxylic acid groups (broad SMARTS) is 1. The van der Waals surface area contributed by atoms with E-state index in [1.54, 1.807) is 0 Å². The SMILES string of the molecule is O=C(O)CCC12CCC(OCCc3cccc(Oc4ccccc4)c3)(CC1)C2. The molecule has 0 aromatic heterocycles. The standard InChI is InChI=1S/C24H28O4/c25-22(26)9-11-23-12-14-24(18-23,15-13-23)27-16-10-19-5-4-8-21(17-19)28-20-6-2-1-3-7-20/h1-8,17H,9-16,18H2,(H,25,26). The number of fused-ring (bicyclic) bond motifs is 2. The molecule has 0 heterocycles. The lowest BCUT2D eigenvalue weighted by atomic mass is 9.80. The monoisotopic (exact) mass is 380 g/mol. The molecule has 148 valence electrons. The van der Waals surface area contributed by atoms with Gasteiger partial charge >= 0.3 is 5.97 Å². The minimum atomic E-state index is -0.683. The largest absolute Gasteiger partial charge is 0.481 e. The highest BCUT2D eigenvalue weighted by Crippen LogP contribution is 2.60. The molecule has 4 rings (SSSR count). The molecule has 4 nitrogen and oxygen atoms in total. The summed E-state index contributed by atoms with van der Waals surface area (Å²) in [6.07, 6.45) is 7.34. The average molecular weight is 380 g/mol. The maximum absolute atomic E-state index is 10.9. The van der Waals surface area contributed by atoms with E-state index in [2.05, 4.69) is 12.1 Å². The Hall–Kier alpha value is -2.33. The van der Waals surface area contributed by atoms with E-state index in [4.69, 9.17) is 14.6 Å². The van der Waals surface area contributed by atoms with Crippen molar-refractivity contribution in [3.63, 3.8) is 0 Å². The molecule has 4 heteroatoms. The van der Waals surface area contributed by atoms with Gasteiger partial charge < -0.3 is 14.6 Å². The summed E-state index contributed by atoms with van der Waals surface area (Å²) in [6, 6.07) is 18.0. The number of rotatable bonds is 9. The number of para-hydroxylation sites is 1. The van der Waals surface area contributed by atoms with Gasteiger partial charge in [0.1, 0.15) is 11.5 Å². The lowest BCUT2D eigenvalue weighted by molar-refractivity contribution is -0.137. The van der Waals surface area contributed by atoms with Gasteiger partial charge in [0.25, 0.3) is 0 Å². The molecule has 0 amide bonds. The maximum atomic E-state index is 10.9. The van der Waals surface area contributed by atoms with Crippen LogP contribution in [0.1, 0.15) is 50.5 Å². The maximum Gasteiger partial charge on any atom is 0.303 e. The number of benzene rings is 2. The van der Waals surface area contributed by atoms with E-state index >= 15 is 0 Å². The van der Waals surface area contributed by atoms with Crippen LogP contribution < -0.4 is 4.74 Å². The normalized spacial score (nSPS) is 25.7. The summed E-state index contributed by atoms with van der Waals surface area (Å²) >= 11 is 0. The van der Waals surface area contributed by atoms with E-state index in [9.17, 15) is 4.79 Å². The highest BCUT2D eigenvalue weighted by molar-refractivity contribution is 5.66. The third-order valence-electron chi connectivity index (χ3n) is 6.46. The topological polar surface area (TPSA) is 55.8 Å². The van der Waals surface area contributed by atoms with Crippen molar-refractivity contribution in [3.05, 3.63) is 60.2 Å². The molecule has 2 fully saturated rings. The van der Waals surface area contributed by atoms with Gasteiger partial charge in [-0.1, -0.05) is 30.3 Å². The number of hydrogen-bond acceptors (Lipinski definition) is 3. The van der Waals surface area contributed by atoms with Gasteiger partial charge in [-0.2, -0.15) is 0 Å². The summed E-state index contributed by atoms with van der Waals surface area (Å²) in [7, 11) is 0. The fourth-order valence-electron chi connectivity index (χ4n) is 4.95. The molecule has 1 N–H and O–H groups in total. The Kier molecular flexibility index (Phi) is 5.40. The first kappa shape index (κ1) is 19.0. The third-order valence-corrected chi connectivity index (χ3v) is 6.46. The number of carbonyl (C=O) groups is 1. The van der Waals surface area contributed by atoms with Crippen LogP contribution >= 0.6 is 0 Å². The summed E-state index contributed by atoms with van der Waals surface area (Å²) in [5, 5.41) is 9.00. The second kappa shape index (κ2) is 7.96. The zero-order valence-corrected chi connectivity index (χ0v) is 16.2. The number of ether oxygens (including phenoxy) is 2. The molecule has 0 spiro atoms. The van der Waals surface area contributed by atoms with Crippen molar-refractivity contribution in [3.8, 4) is 11.5 Å². The van der Waals surface area contributed by atoms with Crippen molar-refractivity contribution < 1.29 is 19.4 Å². The fourth-order valence-corrected chi connectivity index (χ4v) is 4.95. The van der Waals surface area contributed by atoms with Crippen LogP contribution in [0.25, 0.3) is 0 Å². The van der Waals surface area contributed by atoms with Crippen LogP contribution in [0.4, 0.5) is 0 Å². The van der Waals surface area contributed by atoms with Crippen LogP contribution in [0.2, 0.25) is 0 Å². The Labute approximate surface area is 166 Å². The molecule has 2 aromatic carbocycles. The van der Waals surface area contributed by atoms with Gasteiger partial charge in [0.05, 0.1) is 12.2 Å². The van der Waals surface area contributed by atoms with Crippen LogP contribution in [0.5, 0.6) is 11.5 Å². The molecular formula is C24H28O4. The predicted molar refractivity (Wildman–Crippen MR) is 108 cm³/mol. The van der Waals surface area contributed by atoms with Crippen LogP contribution in [0.15, 0.2) is 54.6 Å². The summed E-state index contributed by atoms with van der Waals surface area (Å²) < 4.78 is 12.3. The first-order chi connectivity index (χ1) is 13.6. The van der Waals surface area contributed by atoms with E-state index < -0.39 is 5.97 Å². The molecule has 2 aliphatic carbocycles. The van der Waals surface area contributed by atoms with Gasteiger partial charge in [0.15, 0.2) is 0 Å². The van der Waals surface area contributed by atoms with E-state index in [-0.39, 0.29) is 17.4 Å².